The molecule has 0 fully saturated rings. The molecule has 1 atom stereocenters. The highest BCUT2D eigenvalue weighted by atomic mass is 35.5. The summed E-state index contributed by atoms with van der Waals surface area (Å²) in [6.45, 7) is 4.03. The van der Waals surface area contributed by atoms with E-state index in [0.717, 1.165) is 9.87 Å². The van der Waals surface area contributed by atoms with Gasteiger partial charge >= 0.3 is 0 Å². The van der Waals surface area contributed by atoms with Crippen LogP contribution in [0.2, 0.25) is 10.0 Å². The van der Waals surface area contributed by atoms with Gasteiger partial charge in [0.15, 0.2) is 11.5 Å². The number of nitrogens with zero attached hydrogens (tertiary/aromatic N) is 2. The molecule has 1 aliphatic rings. The number of benzene rings is 3. The van der Waals surface area contributed by atoms with E-state index in [1.807, 2.05) is 37.3 Å². The van der Waals surface area contributed by atoms with Crippen molar-refractivity contribution in [3.8, 4) is 11.5 Å². The van der Waals surface area contributed by atoms with Gasteiger partial charge in [0.1, 0.15) is 25.8 Å². The zero-order valence-electron chi connectivity index (χ0n) is 24.1. The number of sulfonamides is 1. The van der Waals surface area contributed by atoms with Crippen LogP contribution in [0.1, 0.15) is 31.4 Å². The Bertz CT molecular complexity index is 1540. The summed E-state index contributed by atoms with van der Waals surface area (Å²) in [7, 11) is -3.92. The van der Waals surface area contributed by atoms with Crippen molar-refractivity contribution in [1.82, 2.24) is 10.2 Å². The smallest absolute Gasteiger partial charge is 0.244 e. The lowest BCUT2D eigenvalue weighted by Crippen LogP contribution is -2.53. The fourth-order valence-corrected chi connectivity index (χ4v) is 6.04. The molecule has 0 radical (unpaired) electrons. The molecule has 1 aliphatic heterocycles. The number of carbonyl (C=O) groups excluding carboxylic acids is 2. The topological polar surface area (TPSA) is 105 Å². The van der Waals surface area contributed by atoms with E-state index in [2.05, 4.69) is 5.32 Å². The molecule has 0 bridgehead atoms. The molecule has 0 spiro atoms. The van der Waals surface area contributed by atoms with E-state index in [0.29, 0.717) is 53.3 Å². The molecular weight excluding hydrogens is 613 g/mol. The zero-order chi connectivity index (χ0) is 31.0. The quantitative estimate of drug-likeness (QED) is 0.277. The third-order valence-electron chi connectivity index (χ3n) is 6.95. The first-order valence-corrected chi connectivity index (χ1v) is 16.4. The van der Waals surface area contributed by atoms with E-state index in [4.69, 9.17) is 32.7 Å². The molecule has 12 heteroatoms. The fourth-order valence-electron chi connectivity index (χ4n) is 4.66. The van der Waals surface area contributed by atoms with Gasteiger partial charge in [0.2, 0.25) is 21.8 Å². The van der Waals surface area contributed by atoms with Crippen molar-refractivity contribution < 1.29 is 27.5 Å². The number of amides is 2. The highest BCUT2D eigenvalue weighted by Crippen LogP contribution is 2.35. The Balaban J connectivity index is 1.75. The van der Waals surface area contributed by atoms with Crippen LogP contribution < -0.4 is 19.1 Å². The third-order valence-corrected chi connectivity index (χ3v) is 9.43. The van der Waals surface area contributed by atoms with Crippen molar-refractivity contribution in [2.24, 2.45) is 0 Å². The number of fused-ring (bicyclic) bond motifs is 1. The van der Waals surface area contributed by atoms with Gasteiger partial charge in [0.05, 0.1) is 21.5 Å². The van der Waals surface area contributed by atoms with Crippen molar-refractivity contribution in [3.05, 3.63) is 87.9 Å². The predicted molar refractivity (Wildman–Crippen MR) is 168 cm³/mol. The molecule has 0 aromatic heterocycles. The maximum Gasteiger partial charge on any atom is 0.244 e. The van der Waals surface area contributed by atoms with Crippen LogP contribution in [0.4, 0.5) is 5.69 Å². The largest absolute Gasteiger partial charge is 0.486 e. The lowest BCUT2D eigenvalue weighted by molar-refractivity contribution is -0.140. The second kappa shape index (κ2) is 14.8. The molecule has 3 aromatic carbocycles. The molecule has 4 rings (SSSR count). The van der Waals surface area contributed by atoms with E-state index < -0.39 is 28.5 Å². The summed E-state index contributed by atoms with van der Waals surface area (Å²) in [5.41, 5.74) is 1.73. The maximum atomic E-state index is 14.3. The molecule has 0 aliphatic carbocycles. The third kappa shape index (κ3) is 8.34. The van der Waals surface area contributed by atoms with Gasteiger partial charge in [-0.2, -0.15) is 0 Å². The van der Waals surface area contributed by atoms with Crippen LogP contribution in [0, 0.1) is 0 Å². The van der Waals surface area contributed by atoms with Gasteiger partial charge < -0.3 is 19.7 Å². The summed E-state index contributed by atoms with van der Waals surface area (Å²) in [4.78, 5) is 29.3. The van der Waals surface area contributed by atoms with Gasteiger partial charge in [0, 0.05) is 25.6 Å². The number of hydrogen-bond donors (Lipinski definition) is 1. The standard InChI is InChI=1S/C31H35Cl2N3O6S/c1-3-14-34-31(38)27(18-22-8-6-5-7-9-22)35(20-23-10-12-25(32)26(33)17-23)30(37)21-36(43(39,40)4-2)24-11-13-28-29(19-24)42-16-15-41-28/h5-13,17,19,27H,3-4,14-16,18,20-21H2,1-2H3,(H,34,38)/t27-/m0/s1. The summed E-state index contributed by atoms with van der Waals surface area (Å²) in [5, 5.41) is 3.56. The number of nitrogens with one attached hydrogen (secondary N) is 1. The Hall–Kier alpha value is -3.47. The van der Waals surface area contributed by atoms with Gasteiger partial charge in [-0.1, -0.05) is 66.5 Å². The minimum absolute atomic E-state index is 0.00603. The lowest BCUT2D eigenvalue weighted by Gasteiger charge is -2.34. The zero-order valence-corrected chi connectivity index (χ0v) is 26.4. The number of carbonyl (C=O) groups is 2. The van der Waals surface area contributed by atoms with Crippen molar-refractivity contribution in [2.75, 3.05) is 36.4 Å². The minimum atomic E-state index is -3.92. The summed E-state index contributed by atoms with van der Waals surface area (Å²) < 4.78 is 39.1. The second-order valence-corrected chi connectivity index (χ2v) is 13.0. The average Bonchev–Trinajstić information content (AvgIpc) is 3.02. The molecule has 0 saturated heterocycles. The van der Waals surface area contributed by atoms with Crippen LogP contribution in [-0.4, -0.2) is 63.2 Å². The number of rotatable bonds is 13. The first-order valence-electron chi connectivity index (χ1n) is 14.1. The van der Waals surface area contributed by atoms with E-state index in [9.17, 15) is 18.0 Å². The molecule has 1 heterocycles. The van der Waals surface area contributed by atoms with Crippen LogP contribution in [0.3, 0.4) is 0 Å². The van der Waals surface area contributed by atoms with Gasteiger partial charge in [-0.15, -0.1) is 0 Å². The van der Waals surface area contributed by atoms with Crippen LogP contribution >= 0.6 is 23.2 Å². The van der Waals surface area contributed by atoms with Crippen LogP contribution in [0.15, 0.2) is 66.7 Å². The summed E-state index contributed by atoms with van der Waals surface area (Å²) >= 11 is 12.4. The van der Waals surface area contributed by atoms with E-state index in [-0.39, 0.29) is 30.3 Å². The lowest BCUT2D eigenvalue weighted by atomic mass is 10.0. The molecule has 1 N–H and O–H groups in total. The number of halogens is 2. The molecule has 0 unspecified atom stereocenters. The van der Waals surface area contributed by atoms with Crippen LogP contribution in [0.25, 0.3) is 0 Å². The van der Waals surface area contributed by atoms with Crippen molar-refractivity contribution in [3.63, 3.8) is 0 Å². The highest BCUT2D eigenvalue weighted by molar-refractivity contribution is 7.92. The average molecular weight is 649 g/mol. The second-order valence-electron chi connectivity index (χ2n) is 10.0. The summed E-state index contributed by atoms with van der Waals surface area (Å²) in [6.07, 6.45) is 0.922. The Morgan fingerprint density at radius 3 is 2.30 bits per heavy atom. The van der Waals surface area contributed by atoms with E-state index in [1.165, 1.54) is 11.8 Å². The molecule has 2 amide bonds. The molecular formula is C31H35Cl2N3O6S. The number of hydrogen-bond acceptors (Lipinski definition) is 6. The van der Waals surface area contributed by atoms with E-state index in [1.54, 1.807) is 36.4 Å². The van der Waals surface area contributed by atoms with Crippen molar-refractivity contribution in [1.29, 1.82) is 0 Å². The Morgan fingerprint density at radius 1 is 0.907 bits per heavy atom. The van der Waals surface area contributed by atoms with Gasteiger partial charge in [-0.05, 0) is 48.7 Å². The highest BCUT2D eigenvalue weighted by Gasteiger charge is 2.34. The molecule has 3 aromatic rings. The van der Waals surface area contributed by atoms with Crippen molar-refractivity contribution >= 4 is 50.7 Å². The SMILES string of the molecule is CCCNC(=O)[C@H](Cc1ccccc1)N(Cc1ccc(Cl)c(Cl)c1)C(=O)CN(c1ccc2c(c1)OCCO2)S(=O)(=O)CC. The first-order chi connectivity index (χ1) is 20.6. The van der Waals surface area contributed by atoms with Crippen molar-refractivity contribution in [2.45, 2.75) is 39.3 Å². The molecule has 43 heavy (non-hydrogen) atoms. The first kappa shape index (κ1) is 32.4. The van der Waals surface area contributed by atoms with Gasteiger partial charge in [0.25, 0.3) is 0 Å². The fraction of sp³-hybridized carbons (Fsp3) is 0.355. The summed E-state index contributed by atoms with van der Waals surface area (Å²) in [5.74, 6) is -0.270. The van der Waals surface area contributed by atoms with E-state index >= 15 is 0 Å². The Labute approximate surface area is 262 Å². The molecule has 230 valence electrons. The molecule has 0 saturated carbocycles. The minimum Gasteiger partial charge on any atom is -0.486 e. The number of anilines is 1. The normalized spacial score (nSPS) is 13.2. The van der Waals surface area contributed by atoms with Gasteiger partial charge in [-0.25, -0.2) is 8.42 Å². The number of ether oxygens (including phenoxy) is 2. The maximum absolute atomic E-state index is 14.3. The van der Waals surface area contributed by atoms with Crippen LogP contribution in [-0.2, 0) is 32.6 Å². The Kier molecular flexibility index (Phi) is 11.2. The predicted octanol–water partition coefficient (Wildman–Crippen LogP) is 5.09. The monoisotopic (exact) mass is 647 g/mol. The van der Waals surface area contributed by atoms with Crippen LogP contribution in [0.5, 0.6) is 11.5 Å². The Morgan fingerprint density at radius 2 is 1.63 bits per heavy atom. The van der Waals surface area contributed by atoms with Gasteiger partial charge in [-0.3, -0.25) is 13.9 Å². The molecule has 9 nitrogen and oxygen atoms in total. The summed E-state index contributed by atoms with van der Waals surface area (Å²) in [6, 6.07) is 18.1.